The summed E-state index contributed by atoms with van der Waals surface area (Å²) >= 11 is 0. The first kappa shape index (κ1) is 18.1. The molecule has 0 fully saturated rings. The molecule has 0 unspecified atom stereocenters. The molecule has 0 atom stereocenters. The van der Waals surface area contributed by atoms with Gasteiger partial charge < -0.3 is 17.2 Å². The molecular formula is C14H18Cl2N4. The van der Waals surface area contributed by atoms with Gasteiger partial charge in [-0.05, 0) is 41.8 Å². The number of nitrogens with two attached hydrogens (primary N) is 3. The number of halogens is 2. The number of aliphatic imine (C=N–C) groups is 1. The summed E-state index contributed by atoms with van der Waals surface area (Å²) in [6.07, 6.45) is 0.863. The van der Waals surface area contributed by atoms with Crippen LogP contribution in [0.25, 0.3) is 0 Å². The molecular weight excluding hydrogens is 295 g/mol. The van der Waals surface area contributed by atoms with Crippen molar-refractivity contribution in [2.24, 2.45) is 16.5 Å². The second-order valence-corrected chi connectivity index (χ2v) is 4.12. The summed E-state index contributed by atoms with van der Waals surface area (Å²) in [4.78, 5) is 3.97. The van der Waals surface area contributed by atoms with Gasteiger partial charge in [0.25, 0.3) is 0 Å². The molecule has 6 heteroatoms. The molecule has 0 aromatic heterocycles. The molecule has 0 amide bonds. The molecule has 20 heavy (non-hydrogen) atoms. The fourth-order valence-electron chi connectivity index (χ4n) is 1.71. The molecule has 0 aliphatic carbocycles. The van der Waals surface area contributed by atoms with Crippen LogP contribution >= 0.6 is 24.8 Å². The van der Waals surface area contributed by atoms with E-state index < -0.39 is 0 Å². The molecule has 0 saturated carbocycles. The third-order valence-corrected chi connectivity index (χ3v) is 2.58. The molecule has 0 bridgehead atoms. The van der Waals surface area contributed by atoms with Crippen molar-refractivity contribution in [3.63, 3.8) is 0 Å². The maximum atomic E-state index is 5.65. The van der Waals surface area contributed by atoms with Gasteiger partial charge in [-0.25, -0.2) is 4.99 Å². The van der Waals surface area contributed by atoms with Crippen molar-refractivity contribution in [3.05, 3.63) is 59.7 Å². The maximum Gasteiger partial charge on any atom is 0.191 e. The van der Waals surface area contributed by atoms with Gasteiger partial charge in [-0.1, -0.05) is 24.3 Å². The second kappa shape index (κ2) is 8.30. The molecule has 0 saturated heterocycles. The zero-order valence-corrected chi connectivity index (χ0v) is 12.5. The van der Waals surface area contributed by atoms with Crippen LogP contribution in [0.2, 0.25) is 0 Å². The smallest absolute Gasteiger partial charge is 0.191 e. The molecule has 6 N–H and O–H groups in total. The molecule has 0 spiro atoms. The van der Waals surface area contributed by atoms with Crippen molar-refractivity contribution in [2.45, 2.75) is 6.42 Å². The number of rotatable bonds is 3. The largest absolute Gasteiger partial charge is 0.399 e. The van der Waals surface area contributed by atoms with Gasteiger partial charge in [0.2, 0.25) is 0 Å². The molecule has 0 radical (unpaired) electrons. The summed E-state index contributed by atoms with van der Waals surface area (Å²) in [6.45, 7) is 0. The van der Waals surface area contributed by atoms with E-state index in [-0.39, 0.29) is 30.8 Å². The van der Waals surface area contributed by atoms with Crippen LogP contribution in [0.4, 0.5) is 11.4 Å². The molecule has 0 heterocycles. The van der Waals surface area contributed by atoms with Gasteiger partial charge in [-0.2, -0.15) is 0 Å². The minimum absolute atomic E-state index is 0. The summed E-state index contributed by atoms with van der Waals surface area (Å²) in [6, 6.07) is 15.7. The van der Waals surface area contributed by atoms with Crippen LogP contribution in [0.1, 0.15) is 11.1 Å². The van der Waals surface area contributed by atoms with E-state index in [1.54, 1.807) is 0 Å². The standard InChI is InChI=1S/C14H16N4.2ClH/c15-12-5-1-10(2-6-12)9-11-3-7-13(8-4-11)18-14(16)17;;/h1-8H,9,15H2,(H4,16,17,18);2*1H. The van der Waals surface area contributed by atoms with Crippen molar-refractivity contribution in [2.75, 3.05) is 5.73 Å². The third kappa shape index (κ3) is 5.38. The van der Waals surface area contributed by atoms with E-state index >= 15 is 0 Å². The quantitative estimate of drug-likeness (QED) is 0.462. The minimum atomic E-state index is 0. The number of hydrogen-bond donors (Lipinski definition) is 3. The number of benzene rings is 2. The number of nitrogens with zero attached hydrogens (tertiary/aromatic N) is 1. The molecule has 0 aliphatic heterocycles. The fraction of sp³-hybridized carbons (Fsp3) is 0.0714. The number of hydrogen-bond acceptors (Lipinski definition) is 2. The average molecular weight is 313 g/mol. The first-order valence-electron chi connectivity index (χ1n) is 5.66. The van der Waals surface area contributed by atoms with E-state index in [9.17, 15) is 0 Å². The average Bonchev–Trinajstić information content (AvgIpc) is 2.34. The predicted octanol–water partition coefficient (Wildman–Crippen LogP) is 2.61. The predicted molar refractivity (Wildman–Crippen MR) is 90.1 cm³/mol. The van der Waals surface area contributed by atoms with Gasteiger partial charge in [0, 0.05) is 5.69 Å². The van der Waals surface area contributed by atoms with Gasteiger partial charge in [0.05, 0.1) is 5.69 Å². The van der Waals surface area contributed by atoms with Crippen molar-refractivity contribution in [3.8, 4) is 0 Å². The summed E-state index contributed by atoms with van der Waals surface area (Å²) in [5.41, 5.74) is 20.2. The summed E-state index contributed by atoms with van der Waals surface area (Å²) in [7, 11) is 0. The van der Waals surface area contributed by atoms with Crippen LogP contribution < -0.4 is 17.2 Å². The second-order valence-electron chi connectivity index (χ2n) is 4.12. The normalized spacial score (nSPS) is 9.00. The van der Waals surface area contributed by atoms with E-state index in [4.69, 9.17) is 17.2 Å². The zero-order chi connectivity index (χ0) is 13.0. The maximum absolute atomic E-state index is 5.65. The Kier molecular flexibility index (Phi) is 7.51. The molecule has 2 rings (SSSR count). The molecule has 2 aromatic carbocycles. The Morgan fingerprint density at radius 2 is 1.25 bits per heavy atom. The highest BCUT2D eigenvalue weighted by atomic mass is 35.5. The van der Waals surface area contributed by atoms with Gasteiger partial charge in [-0.15, -0.1) is 24.8 Å². The first-order valence-corrected chi connectivity index (χ1v) is 5.66. The van der Waals surface area contributed by atoms with E-state index in [1.807, 2.05) is 48.5 Å². The van der Waals surface area contributed by atoms with Gasteiger partial charge >= 0.3 is 0 Å². The van der Waals surface area contributed by atoms with Crippen molar-refractivity contribution in [1.82, 2.24) is 0 Å². The van der Waals surface area contributed by atoms with Crippen LogP contribution in [0.3, 0.4) is 0 Å². The Bertz CT molecular complexity index is 546. The van der Waals surface area contributed by atoms with Crippen molar-refractivity contribution in [1.29, 1.82) is 0 Å². The van der Waals surface area contributed by atoms with Gasteiger partial charge in [0.1, 0.15) is 0 Å². The van der Waals surface area contributed by atoms with Crippen LogP contribution in [-0.2, 0) is 6.42 Å². The topological polar surface area (TPSA) is 90.4 Å². The van der Waals surface area contributed by atoms with E-state index in [2.05, 4.69) is 4.99 Å². The zero-order valence-electron chi connectivity index (χ0n) is 10.8. The molecule has 2 aromatic rings. The fourth-order valence-corrected chi connectivity index (χ4v) is 1.71. The molecule has 0 aliphatic rings. The van der Waals surface area contributed by atoms with E-state index in [1.165, 1.54) is 11.1 Å². The lowest BCUT2D eigenvalue weighted by atomic mass is 10.0. The van der Waals surface area contributed by atoms with E-state index in [0.29, 0.717) is 0 Å². The lowest BCUT2D eigenvalue weighted by Crippen LogP contribution is -2.21. The Labute approximate surface area is 130 Å². The number of guanidine groups is 1. The minimum Gasteiger partial charge on any atom is -0.399 e. The Hall–Kier alpha value is -1.91. The van der Waals surface area contributed by atoms with Crippen molar-refractivity contribution < 1.29 is 0 Å². The third-order valence-electron chi connectivity index (χ3n) is 2.58. The Morgan fingerprint density at radius 1 is 0.800 bits per heavy atom. The highest BCUT2D eigenvalue weighted by Crippen LogP contribution is 2.16. The lowest BCUT2D eigenvalue weighted by molar-refractivity contribution is 1.19. The number of nitrogen functional groups attached to an aromatic ring is 1. The Morgan fingerprint density at radius 3 is 1.70 bits per heavy atom. The first-order chi connectivity index (χ1) is 8.63. The summed E-state index contributed by atoms with van der Waals surface area (Å²) in [5, 5.41) is 0. The Balaban J connectivity index is 0.00000180. The monoisotopic (exact) mass is 312 g/mol. The van der Waals surface area contributed by atoms with Gasteiger partial charge in [0.15, 0.2) is 5.96 Å². The molecule has 108 valence electrons. The SMILES string of the molecule is Cl.Cl.NC(N)=Nc1ccc(Cc2ccc(N)cc2)cc1. The number of anilines is 1. The van der Waals surface area contributed by atoms with Gasteiger partial charge in [-0.3, -0.25) is 0 Å². The van der Waals surface area contributed by atoms with Crippen molar-refractivity contribution >= 4 is 42.1 Å². The lowest BCUT2D eigenvalue weighted by Gasteiger charge is -2.03. The molecule has 4 nitrogen and oxygen atoms in total. The summed E-state index contributed by atoms with van der Waals surface area (Å²) in [5.74, 6) is 0.0706. The summed E-state index contributed by atoms with van der Waals surface area (Å²) < 4.78 is 0. The van der Waals surface area contributed by atoms with E-state index in [0.717, 1.165) is 17.8 Å². The highest BCUT2D eigenvalue weighted by Gasteiger charge is 1.97. The highest BCUT2D eigenvalue weighted by molar-refractivity contribution is 5.85. The van der Waals surface area contributed by atoms with Crippen LogP contribution in [0, 0.1) is 0 Å². The van der Waals surface area contributed by atoms with Crippen LogP contribution in [-0.4, -0.2) is 5.96 Å². The van der Waals surface area contributed by atoms with Crippen LogP contribution in [0.5, 0.6) is 0 Å². The van der Waals surface area contributed by atoms with Crippen LogP contribution in [0.15, 0.2) is 53.5 Å².